The summed E-state index contributed by atoms with van der Waals surface area (Å²) in [5, 5.41) is 0. The van der Waals surface area contributed by atoms with Crippen LogP contribution in [0.3, 0.4) is 0 Å². The fraction of sp³-hybridized carbons (Fsp3) is 0.682. The number of hydrogen-bond donors (Lipinski definition) is 0. The van der Waals surface area contributed by atoms with Gasteiger partial charge in [0.05, 0.1) is 0 Å². The van der Waals surface area contributed by atoms with Gasteiger partial charge in [0.25, 0.3) is 0 Å². The Morgan fingerprint density at radius 1 is 0.540 bits per heavy atom. The van der Waals surface area contributed by atoms with Crippen LogP contribution in [0.4, 0.5) is 0 Å². The number of fused-ring (bicyclic) bond motifs is 9. The molecule has 2 fully saturated rings. The Kier molecular flexibility index (Phi) is 10.4. The maximum atomic E-state index is 14.7. The molecule has 0 aliphatic heterocycles. The predicted octanol–water partition coefficient (Wildman–Crippen LogP) is 12.6. The van der Waals surface area contributed by atoms with Crippen LogP contribution in [0.1, 0.15) is 148 Å². The second-order valence-corrected chi connectivity index (χ2v) is 32.2. The molecule has 270 valence electrons. The molecular formula is C44H62O2S2Si2. The first kappa shape index (κ1) is 38.0. The van der Waals surface area contributed by atoms with Crippen LogP contribution in [0, 0.1) is 72.3 Å². The van der Waals surface area contributed by atoms with Gasteiger partial charge in [-0.2, -0.15) is 0 Å². The molecule has 0 bridgehead atoms. The first-order valence-electron chi connectivity index (χ1n) is 19.7. The Balaban J connectivity index is 1.51. The van der Waals surface area contributed by atoms with Gasteiger partial charge in [-0.05, 0) is 83.9 Å². The summed E-state index contributed by atoms with van der Waals surface area (Å²) in [6.07, 6.45) is 1.84. The molecule has 8 unspecified atom stereocenters. The second kappa shape index (κ2) is 13.6. The van der Waals surface area contributed by atoms with Crippen molar-refractivity contribution in [3.63, 3.8) is 0 Å². The van der Waals surface area contributed by atoms with Gasteiger partial charge in [-0.15, -0.1) is 45.6 Å². The summed E-state index contributed by atoms with van der Waals surface area (Å²) in [7, 11) is -3.96. The monoisotopic (exact) mass is 742 g/mol. The summed E-state index contributed by atoms with van der Waals surface area (Å²) < 4.78 is 0. The molecular weight excluding hydrogens is 681 g/mol. The van der Waals surface area contributed by atoms with E-state index in [-0.39, 0.29) is 47.3 Å². The first-order chi connectivity index (χ1) is 23.4. The maximum absolute atomic E-state index is 14.7. The molecule has 2 heterocycles. The van der Waals surface area contributed by atoms with Crippen LogP contribution in [0.5, 0.6) is 0 Å². The van der Waals surface area contributed by atoms with Crippen molar-refractivity contribution in [1.82, 2.24) is 0 Å². The number of aryl methyl sites for hydroxylation is 2. The molecule has 2 aromatic heterocycles. The molecule has 2 nitrogen and oxygen atoms in total. The highest BCUT2D eigenvalue weighted by Crippen LogP contribution is 2.65. The van der Waals surface area contributed by atoms with Gasteiger partial charge in [-0.3, -0.25) is 9.59 Å². The van der Waals surface area contributed by atoms with Crippen LogP contribution < -0.4 is 0 Å². The SMILES string of the molecule is Cc1cc2c(s1)C1C(C#C[Si](C(C)C)(C(C)C)C(C)C)CC3C(CC(C#C[Si](C(C)C)(C(C)C)C(C)C)C4c5sc(C)cc5C(=O)C34)C1C2=O. The van der Waals surface area contributed by atoms with Crippen LogP contribution in [-0.2, 0) is 0 Å². The van der Waals surface area contributed by atoms with E-state index in [9.17, 15) is 9.59 Å². The van der Waals surface area contributed by atoms with Crippen molar-refractivity contribution in [2.24, 2.45) is 35.5 Å². The quantitative estimate of drug-likeness (QED) is 0.218. The summed E-state index contributed by atoms with van der Waals surface area (Å²) in [5.41, 5.74) is 13.5. The predicted molar refractivity (Wildman–Crippen MR) is 220 cm³/mol. The Hall–Kier alpha value is -1.71. The van der Waals surface area contributed by atoms with Gasteiger partial charge < -0.3 is 0 Å². The molecule has 4 aliphatic rings. The van der Waals surface area contributed by atoms with Crippen LogP contribution in [0.15, 0.2) is 12.1 Å². The Labute approximate surface area is 314 Å². The zero-order valence-corrected chi connectivity index (χ0v) is 36.9. The van der Waals surface area contributed by atoms with E-state index in [0.717, 1.165) is 24.0 Å². The number of ketones is 2. The third-order valence-corrected chi connectivity index (χ3v) is 29.3. The lowest BCUT2D eigenvalue weighted by atomic mass is 9.52. The normalized spacial score (nSPS) is 28.9. The lowest BCUT2D eigenvalue weighted by Gasteiger charge is -2.51. The molecule has 4 aliphatic carbocycles. The van der Waals surface area contributed by atoms with E-state index in [1.165, 1.54) is 19.5 Å². The van der Waals surface area contributed by atoms with Gasteiger partial charge >= 0.3 is 0 Å². The average Bonchev–Trinajstić information content (AvgIpc) is 3.73. The molecule has 2 saturated carbocycles. The number of carbonyl (C=O) groups excluding carboxylic acids is 2. The molecule has 0 N–H and O–H groups in total. The van der Waals surface area contributed by atoms with Crippen LogP contribution in [-0.4, -0.2) is 27.7 Å². The zero-order valence-electron chi connectivity index (χ0n) is 33.3. The summed E-state index contributed by atoms with van der Waals surface area (Å²) in [4.78, 5) is 34.4. The van der Waals surface area contributed by atoms with E-state index in [1.54, 1.807) is 0 Å². The van der Waals surface area contributed by atoms with Gasteiger partial charge in [0.15, 0.2) is 11.6 Å². The third kappa shape index (κ3) is 5.59. The summed E-state index contributed by atoms with van der Waals surface area (Å²) >= 11 is 3.67. The smallest absolute Gasteiger partial charge is 0.168 e. The molecule has 0 saturated heterocycles. The van der Waals surface area contributed by atoms with Gasteiger partial charge in [-0.25, -0.2) is 0 Å². The number of thiophene rings is 2. The average molecular weight is 743 g/mol. The fourth-order valence-electron chi connectivity index (χ4n) is 12.4. The minimum absolute atomic E-state index is 0.0937. The van der Waals surface area contributed by atoms with Crippen LogP contribution in [0.2, 0.25) is 33.2 Å². The number of Topliss-reactive ketones (excluding diaryl/α,β-unsaturated/α-hetero) is 2. The Bertz CT molecular complexity index is 1610. The second-order valence-electron chi connectivity index (χ2n) is 18.4. The van der Waals surface area contributed by atoms with E-state index in [4.69, 9.17) is 0 Å². The van der Waals surface area contributed by atoms with E-state index in [0.29, 0.717) is 44.8 Å². The van der Waals surface area contributed by atoms with Crippen LogP contribution in [0.25, 0.3) is 0 Å². The number of hydrogen-bond acceptors (Lipinski definition) is 4. The van der Waals surface area contributed by atoms with Crippen molar-refractivity contribution in [1.29, 1.82) is 0 Å². The van der Waals surface area contributed by atoms with Gasteiger partial charge in [-0.1, -0.05) is 83.1 Å². The molecule has 0 amide bonds. The highest BCUT2D eigenvalue weighted by atomic mass is 32.1. The summed E-state index contributed by atoms with van der Waals surface area (Å²) in [6.45, 7) is 33.0. The van der Waals surface area contributed by atoms with Crippen molar-refractivity contribution < 1.29 is 9.59 Å². The van der Waals surface area contributed by atoms with Gasteiger partial charge in [0, 0.05) is 66.1 Å². The molecule has 6 rings (SSSR count). The Morgan fingerprint density at radius 3 is 1.12 bits per heavy atom. The molecule has 2 aromatic rings. The molecule has 0 spiro atoms. The van der Waals surface area contributed by atoms with Crippen molar-refractivity contribution in [3.8, 4) is 22.9 Å². The third-order valence-electron chi connectivity index (χ3n) is 14.4. The fourth-order valence-corrected chi connectivity index (χ4v) is 25.5. The van der Waals surface area contributed by atoms with Crippen molar-refractivity contribution in [2.75, 3.05) is 0 Å². The molecule has 8 atom stereocenters. The van der Waals surface area contributed by atoms with Crippen molar-refractivity contribution in [2.45, 2.75) is 155 Å². The minimum Gasteiger partial charge on any atom is -0.294 e. The van der Waals surface area contributed by atoms with Gasteiger partial charge in [0.1, 0.15) is 16.1 Å². The van der Waals surface area contributed by atoms with E-state index in [2.05, 4.69) is 132 Å². The van der Waals surface area contributed by atoms with Crippen molar-refractivity contribution >= 4 is 50.4 Å². The zero-order chi connectivity index (χ0) is 36.8. The first-order valence-corrected chi connectivity index (χ1v) is 25.8. The lowest BCUT2D eigenvalue weighted by Crippen LogP contribution is -2.49. The van der Waals surface area contributed by atoms with Crippen LogP contribution >= 0.6 is 22.7 Å². The number of carbonyl (C=O) groups is 2. The summed E-state index contributed by atoms with van der Waals surface area (Å²) in [5.74, 6) is 9.34. The molecule has 0 aromatic carbocycles. The maximum Gasteiger partial charge on any atom is 0.168 e. The molecule has 50 heavy (non-hydrogen) atoms. The summed E-state index contributed by atoms with van der Waals surface area (Å²) in [6, 6.07) is 4.32. The van der Waals surface area contributed by atoms with Gasteiger partial charge in [0.2, 0.25) is 0 Å². The van der Waals surface area contributed by atoms with E-state index < -0.39 is 16.1 Å². The standard InChI is InChI=1S/C44H62O2S2Si2/c1-23(2)49(24(3)4,25(5)6)17-15-31-21-33-34(39-37(31)43-35(41(39)45)19-29(13)47-43)22-32(16-18-50(26(7)8,27(9)10)28(11)12)38-40(33)42(46)36-20-30(14)48-44(36)38/h19-20,23-28,31-34,37-40H,21-22H2,1-14H3. The highest BCUT2D eigenvalue weighted by molar-refractivity contribution is 7.12. The minimum atomic E-state index is -1.98. The van der Waals surface area contributed by atoms with Crippen molar-refractivity contribution in [3.05, 3.63) is 42.8 Å². The lowest BCUT2D eigenvalue weighted by molar-refractivity contribution is 0.0132. The topological polar surface area (TPSA) is 34.1 Å². The highest BCUT2D eigenvalue weighted by Gasteiger charge is 2.62. The Morgan fingerprint density at radius 2 is 0.840 bits per heavy atom. The molecule has 6 heteroatoms. The van der Waals surface area contributed by atoms with E-state index in [1.807, 2.05) is 22.7 Å². The van der Waals surface area contributed by atoms with E-state index >= 15 is 0 Å². The molecule has 0 radical (unpaired) electrons. The largest absolute Gasteiger partial charge is 0.294 e. The number of rotatable bonds is 6.